The van der Waals surface area contributed by atoms with E-state index in [0.29, 0.717) is 5.69 Å². The molecule has 0 saturated heterocycles. The second kappa shape index (κ2) is 5.07. The maximum absolute atomic E-state index is 11.3. The highest BCUT2D eigenvalue weighted by molar-refractivity contribution is 7.19. The smallest absolute Gasteiger partial charge is 0.238 e. The van der Waals surface area contributed by atoms with Gasteiger partial charge >= 0.3 is 0 Å². The summed E-state index contributed by atoms with van der Waals surface area (Å²) in [6.07, 6.45) is 1.39. The van der Waals surface area contributed by atoms with E-state index in [1.807, 2.05) is 12.1 Å². The number of fused-ring (bicyclic) bond motifs is 1. The van der Waals surface area contributed by atoms with Crippen LogP contribution in [0.1, 0.15) is 6.42 Å². The van der Waals surface area contributed by atoms with Crippen LogP contribution in [0.3, 0.4) is 0 Å². The summed E-state index contributed by atoms with van der Waals surface area (Å²) >= 11 is 1.43. The molecule has 0 aliphatic carbocycles. The predicted octanol–water partition coefficient (Wildman–Crippen LogP) is 1.70. The lowest BCUT2D eigenvalue weighted by molar-refractivity contribution is -0.115. The Bertz CT molecular complexity index is 769. The minimum Gasteiger partial charge on any atom is -0.325 e. The van der Waals surface area contributed by atoms with Crippen molar-refractivity contribution in [3.63, 3.8) is 0 Å². The minimum absolute atomic E-state index is 0.154. The van der Waals surface area contributed by atoms with Gasteiger partial charge < -0.3 is 5.32 Å². The second-order valence-corrected chi connectivity index (χ2v) is 4.88. The van der Waals surface area contributed by atoms with Crippen LogP contribution in [-0.4, -0.2) is 25.7 Å². The van der Waals surface area contributed by atoms with Gasteiger partial charge in [0.2, 0.25) is 10.9 Å². The third-order valence-corrected chi connectivity index (χ3v) is 3.50. The Hall–Kier alpha value is -2.79. The number of hydrogen-bond donors (Lipinski definition) is 1. The van der Waals surface area contributed by atoms with Crippen molar-refractivity contribution in [1.29, 1.82) is 5.26 Å². The lowest BCUT2D eigenvalue weighted by Crippen LogP contribution is -2.09. The normalized spacial score (nSPS) is 10.3. The van der Waals surface area contributed by atoms with Crippen LogP contribution in [0.15, 0.2) is 30.6 Å². The quantitative estimate of drug-likeness (QED) is 0.789. The van der Waals surface area contributed by atoms with Crippen molar-refractivity contribution in [3.05, 3.63) is 30.6 Å². The van der Waals surface area contributed by atoms with Crippen LogP contribution in [-0.2, 0) is 4.79 Å². The van der Waals surface area contributed by atoms with E-state index >= 15 is 0 Å². The molecule has 3 aromatic rings. The summed E-state index contributed by atoms with van der Waals surface area (Å²) in [6.45, 7) is 0. The zero-order valence-electron chi connectivity index (χ0n) is 10.1. The minimum atomic E-state index is -0.320. The SMILES string of the molecule is N#CCC(=O)Nc1ccc(-c2nn3cnnc3s2)cc1. The van der Waals surface area contributed by atoms with Gasteiger partial charge in [-0.25, -0.2) is 0 Å². The Morgan fingerprint density at radius 2 is 2.20 bits per heavy atom. The summed E-state index contributed by atoms with van der Waals surface area (Å²) in [4.78, 5) is 12.0. The Morgan fingerprint density at radius 1 is 1.40 bits per heavy atom. The van der Waals surface area contributed by atoms with Crippen LogP contribution >= 0.6 is 11.3 Å². The number of amides is 1. The molecule has 0 atom stereocenters. The first-order valence-electron chi connectivity index (χ1n) is 5.70. The first-order chi connectivity index (χ1) is 9.76. The van der Waals surface area contributed by atoms with Gasteiger partial charge in [-0.05, 0) is 24.3 Å². The zero-order chi connectivity index (χ0) is 13.9. The molecule has 0 saturated carbocycles. The van der Waals surface area contributed by atoms with Gasteiger partial charge in [-0.1, -0.05) is 11.3 Å². The first-order valence-corrected chi connectivity index (χ1v) is 6.52. The summed E-state index contributed by atoms with van der Waals surface area (Å²) in [5.41, 5.74) is 1.58. The van der Waals surface area contributed by atoms with Crippen LogP contribution in [0.2, 0.25) is 0 Å². The van der Waals surface area contributed by atoms with E-state index in [4.69, 9.17) is 5.26 Å². The third-order valence-electron chi connectivity index (χ3n) is 2.54. The largest absolute Gasteiger partial charge is 0.325 e. The summed E-state index contributed by atoms with van der Waals surface area (Å²) < 4.78 is 1.61. The molecule has 8 heteroatoms. The number of anilines is 1. The molecule has 20 heavy (non-hydrogen) atoms. The van der Waals surface area contributed by atoms with E-state index in [0.717, 1.165) is 15.5 Å². The summed E-state index contributed by atoms with van der Waals surface area (Å²) in [5, 5.41) is 23.9. The van der Waals surface area contributed by atoms with Gasteiger partial charge in [0.1, 0.15) is 17.8 Å². The highest BCUT2D eigenvalue weighted by atomic mass is 32.1. The maximum atomic E-state index is 11.3. The molecule has 1 aromatic carbocycles. The molecule has 0 spiro atoms. The fraction of sp³-hybridized carbons (Fsp3) is 0.0833. The Morgan fingerprint density at radius 3 is 2.90 bits per heavy atom. The molecule has 2 heterocycles. The number of carbonyl (C=O) groups is 1. The number of nitrogens with one attached hydrogen (secondary N) is 1. The summed E-state index contributed by atoms with van der Waals surface area (Å²) in [6, 6.07) is 9.05. The summed E-state index contributed by atoms with van der Waals surface area (Å²) in [7, 11) is 0. The van der Waals surface area contributed by atoms with Crippen molar-refractivity contribution in [2.75, 3.05) is 5.32 Å². The molecule has 0 aliphatic heterocycles. The van der Waals surface area contributed by atoms with E-state index in [2.05, 4.69) is 20.6 Å². The van der Waals surface area contributed by atoms with E-state index in [1.54, 1.807) is 29.0 Å². The average Bonchev–Trinajstić information content (AvgIpc) is 3.00. The van der Waals surface area contributed by atoms with Crippen molar-refractivity contribution in [3.8, 4) is 16.6 Å². The monoisotopic (exact) mass is 284 g/mol. The van der Waals surface area contributed by atoms with E-state index in [1.165, 1.54) is 11.3 Å². The van der Waals surface area contributed by atoms with Gasteiger partial charge in [0.25, 0.3) is 0 Å². The molecular weight excluding hydrogens is 276 g/mol. The molecule has 2 aromatic heterocycles. The van der Waals surface area contributed by atoms with Crippen molar-refractivity contribution in [2.24, 2.45) is 0 Å². The molecule has 7 nitrogen and oxygen atoms in total. The number of nitriles is 1. The van der Waals surface area contributed by atoms with Crippen LogP contribution in [0.5, 0.6) is 0 Å². The summed E-state index contributed by atoms with van der Waals surface area (Å²) in [5.74, 6) is -0.320. The van der Waals surface area contributed by atoms with Gasteiger partial charge in [0.05, 0.1) is 6.07 Å². The molecule has 3 rings (SSSR count). The molecule has 1 amide bonds. The highest BCUT2D eigenvalue weighted by Gasteiger charge is 2.08. The molecular formula is C12H8N6OS. The van der Waals surface area contributed by atoms with Gasteiger partial charge in [0.15, 0.2) is 0 Å². The van der Waals surface area contributed by atoms with Gasteiger partial charge in [-0.2, -0.15) is 14.9 Å². The number of carbonyl (C=O) groups excluding carboxylic acids is 1. The number of nitrogens with zero attached hydrogens (tertiary/aromatic N) is 5. The Labute approximate surface area is 117 Å². The van der Waals surface area contributed by atoms with E-state index in [-0.39, 0.29) is 12.3 Å². The second-order valence-electron chi connectivity index (χ2n) is 3.93. The van der Waals surface area contributed by atoms with Crippen LogP contribution < -0.4 is 5.32 Å². The van der Waals surface area contributed by atoms with Crippen LogP contribution in [0.4, 0.5) is 5.69 Å². The van der Waals surface area contributed by atoms with Crippen molar-refractivity contribution in [1.82, 2.24) is 19.8 Å². The Balaban J connectivity index is 1.80. The first kappa shape index (κ1) is 12.3. The van der Waals surface area contributed by atoms with E-state index < -0.39 is 0 Å². The zero-order valence-corrected chi connectivity index (χ0v) is 11.0. The highest BCUT2D eigenvalue weighted by Crippen LogP contribution is 2.25. The lowest BCUT2D eigenvalue weighted by atomic mass is 10.2. The van der Waals surface area contributed by atoms with Crippen LogP contribution in [0, 0.1) is 11.3 Å². The van der Waals surface area contributed by atoms with Crippen molar-refractivity contribution < 1.29 is 4.79 Å². The number of aromatic nitrogens is 4. The number of rotatable bonds is 3. The maximum Gasteiger partial charge on any atom is 0.238 e. The fourth-order valence-electron chi connectivity index (χ4n) is 1.65. The standard InChI is InChI=1S/C12H8N6OS/c13-6-5-10(19)15-9-3-1-8(2-4-9)11-17-18-7-14-16-12(18)20-11/h1-4,7H,5H2,(H,15,19). The molecule has 98 valence electrons. The molecule has 0 unspecified atom stereocenters. The Kier molecular flexibility index (Phi) is 3.10. The van der Waals surface area contributed by atoms with Gasteiger partial charge in [0, 0.05) is 11.3 Å². The molecule has 0 radical (unpaired) electrons. The fourth-order valence-corrected chi connectivity index (χ4v) is 2.47. The molecule has 1 N–H and O–H groups in total. The van der Waals surface area contributed by atoms with Crippen LogP contribution in [0.25, 0.3) is 15.5 Å². The van der Waals surface area contributed by atoms with Crippen molar-refractivity contribution in [2.45, 2.75) is 6.42 Å². The van der Waals surface area contributed by atoms with E-state index in [9.17, 15) is 4.79 Å². The topological polar surface area (TPSA) is 96.0 Å². The molecule has 0 bridgehead atoms. The lowest BCUT2D eigenvalue weighted by Gasteiger charge is -2.03. The molecule has 0 aliphatic rings. The number of hydrogen-bond acceptors (Lipinski definition) is 6. The van der Waals surface area contributed by atoms with Gasteiger partial charge in [-0.15, -0.1) is 10.2 Å². The van der Waals surface area contributed by atoms with Gasteiger partial charge in [-0.3, -0.25) is 4.79 Å². The third kappa shape index (κ3) is 2.34. The predicted molar refractivity (Wildman–Crippen MR) is 73.0 cm³/mol. The average molecular weight is 284 g/mol. The molecule has 0 fully saturated rings. The number of benzene rings is 1. The van der Waals surface area contributed by atoms with Crippen molar-refractivity contribution >= 4 is 27.9 Å².